The Balaban J connectivity index is 1.35. The number of aromatic nitrogens is 2. The van der Waals surface area contributed by atoms with E-state index in [1.807, 2.05) is 29.6 Å². The maximum absolute atomic E-state index is 13.1. The van der Waals surface area contributed by atoms with Crippen LogP contribution in [0.1, 0.15) is 32.2 Å². The number of hydrogen-bond acceptors (Lipinski definition) is 7. The number of anilines is 1. The molecule has 4 aromatic heterocycles. The van der Waals surface area contributed by atoms with Crippen LogP contribution in [0, 0.1) is 6.92 Å². The smallest absolute Gasteiger partial charge is 0.291 e. The van der Waals surface area contributed by atoms with Gasteiger partial charge < -0.3 is 19.6 Å². The van der Waals surface area contributed by atoms with E-state index in [4.69, 9.17) is 8.94 Å². The van der Waals surface area contributed by atoms with Crippen molar-refractivity contribution in [2.75, 3.05) is 5.32 Å². The fourth-order valence-corrected chi connectivity index (χ4v) is 4.15. The molecular formula is C24H18N4O4S. The zero-order chi connectivity index (χ0) is 22.8. The molecule has 0 bridgehead atoms. The first kappa shape index (κ1) is 20.7. The molecule has 9 heteroatoms. The van der Waals surface area contributed by atoms with E-state index >= 15 is 0 Å². The maximum Gasteiger partial charge on any atom is 0.291 e. The van der Waals surface area contributed by atoms with Crippen LogP contribution in [0.25, 0.3) is 21.7 Å². The summed E-state index contributed by atoms with van der Waals surface area (Å²) in [6.07, 6.45) is 1.44. The van der Waals surface area contributed by atoms with Crippen LogP contribution in [0.4, 0.5) is 5.69 Å². The summed E-state index contributed by atoms with van der Waals surface area (Å²) in [4.78, 5) is 30.8. The Hall–Kier alpha value is -4.24. The Kier molecular flexibility index (Phi) is 5.45. The number of amides is 2. The zero-order valence-electron chi connectivity index (χ0n) is 17.5. The number of nitrogens with one attached hydrogen (secondary N) is 2. The van der Waals surface area contributed by atoms with Crippen molar-refractivity contribution in [3.8, 4) is 10.6 Å². The average molecular weight is 458 g/mol. The first-order valence-corrected chi connectivity index (χ1v) is 11.0. The van der Waals surface area contributed by atoms with Gasteiger partial charge in [-0.3, -0.25) is 9.59 Å². The number of carbonyl (C=O) groups is 2. The number of pyridine rings is 1. The normalized spacial score (nSPS) is 10.9. The van der Waals surface area contributed by atoms with Gasteiger partial charge in [0.15, 0.2) is 5.76 Å². The first-order valence-electron chi connectivity index (χ1n) is 10.1. The van der Waals surface area contributed by atoms with E-state index in [0.29, 0.717) is 33.7 Å². The highest BCUT2D eigenvalue weighted by atomic mass is 32.1. The van der Waals surface area contributed by atoms with Crippen LogP contribution in [-0.4, -0.2) is 22.0 Å². The summed E-state index contributed by atoms with van der Waals surface area (Å²) in [5, 5.41) is 12.2. The van der Waals surface area contributed by atoms with Crippen LogP contribution in [-0.2, 0) is 6.54 Å². The van der Waals surface area contributed by atoms with Gasteiger partial charge in [0.25, 0.3) is 17.5 Å². The highest BCUT2D eigenvalue weighted by Gasteiger charge is 2.19. The molecule has 0 aliphatic heterocycles. The molecule has 0 unspecified atom stereocenters. The second-order valence-corrected chi connectivity index (χ2v) is 8.24. The van der Waals surface area contributed by atoms with E-state index in [9.17, 15) is 9.59 Å². The number of hydrogen-bond donors (Lipinski definition) is 2. The van der Waals surface area contributed by atoms with Crippen molar-refractivity contribution in [2.24, 2.45) is 0 Å². The molecular weight excluding hydrogens is 440 g/mol. The molecule has 0 fully saturated rings. The van der Waals surface area contributed by atoms with E-state index in [1.165, 1.54) is 17.6 Å². The van der Waals surface area contributed by atoms with Gasteiger partial charge in [-0.2, -0.15) is 0 Å². The van der Waals surface area contributed by atoms with Gasteiger partial charge in [0.05, 0.1) is 33.5 Å². The van der Waals surface area contributed by atoms with Crippen LogP contribution >= 0.6 is 11.3 Å². The van der Waals surface area contributed by atoms with Crippen LogP contribution < -0.4 is 10.6 Å². The third kappa shape index (κ3) is 4.26. The lowest BCUT2D eigenvalue weighted by Gasteiger charge is -2.09. The predicted molar refractivity (Wildman–Crippen MR) is 124 cm³/mol. The molecule has 0 saturated heterocycles. The number of benzene rings is 1. The van der Waals surface area contributed by atoms with Crippen molar-refractivity contribution >= 4 is 39.9 Å². The molecule has 8 nitrogen and oxygen atoms in total. The zero-order valence-corrected chi connectivity index (χ0v) is 18.3. The highest BCUT2D eigenvalue weighted by Crippen LogP contribution is 2.29. The molecule has 0 radical (unpaired) electrons. The maximum atomic E-state index is 13.1. The highest BCUT2D eigenvalue weighted by molar-refractivity contribution is 7.13. The van der Waals surface area contributed by atoms with E-state index < -0.39 is 0 Å². The molecule has 2 amide bonds. The van der Waals surface area contributed by atoms with Gasteiger partial charge in [-0.25, -0.2) is 4.98 Å². The van der Waals surface area contributed by atoms with Gasteiger partial charge in [-0.05, 0) is 54.3 Å². The summed E-state index contributed by atoms with van der Waals surface area (Å²) >= 11 is 1.53. The molecule has 0 atom stereocenters. The lowest BCUT2D eigenvalue weighted by Crippen LogP contribution is -2.23. The molecule has 1 aromatic carbocycles. The standard InChI is InChI=1S/C24H18N4O4S/c1-14-21-17(12-18(20-8-4-10-33-20)27-24(21)32-28-14)22(29)25-13-15-5-2-6-16(11-15)26-23(30)19-7-3-9-31-19/h2-12H,13H2,1H3,(H,25,29)(H,26,30). The summed E-state index contributed by atoms with van der Waals surface area (Å²) in [7, 11) is 0. The summed E-state index contributed by atoms with van der Waals surface area (Å²) < 4.78 is 10.5. The lowest BCUT2D eigenvalue weighted by molar-refractivity contribution is 0.0951. The van der Waals surface area contributed by atoms with Crippen LogP contribution in [0.15, 0.2) is 75.2 Å². The van der Waals surface area contributed by atoms with Crippen LogP contribution in [0.2, 0.25) is 0 Å². The van der Waals surface area contributed by atoms with Crippen molar-refractivity contribution in [1.82, 2.24) is 15.5 Å². The Bertz CT molecular complexity index is 1440. The van der Waals surface area contributed by atoms with Gasteiger partial charge in [-0.1, -0.05) is 23.4 Å². The number of rotatable bonds is 6. The van der Waals surface area contributed by atoms with Crippen LogP contribution in [0.5, 0.6) is 0 Å². The molecule has 0 aliphatic rings. The van der Waals surface area contributed by atoms with E-state index in [1.54, 1.807) is 37.3 Å². The number of thiophene rings is 1. The second kappa shape index (κ2) is 8.71. The quantitative estimate of drug-likeness (QED) is 0.369. The van der Waals surface area contributed by atoms with Gasteiger partial charge in [0.1, 0.15) is 0 Å². The van der Waals surface area contributed by atoms with Crippen molar-refractivity contribution in [3.05, 3.63) is 88.8 Å². The molecule has 2 N–H and O–H groups in total. The second-order valence-electron chi connectivity index (χ2n) is 7.29. The van der Waals surface area contributed by atoms with E-state index in [2.05, 4.69) is 20.8 Å². The molecule has 33 heavy (non-hydrogen) atoms. The molecule has 4 heterocycles. The van der Waals surface area contributed by atoms with Gasteiger partial charge in [0.2, 0.25) is 0 Å². The fraction of sp³-hybridized carbons (Fsp3) is 0.0833. The van der Waals surface area contributed by atoms with Crippen molar-refractivity contribution in [3.63, 3.8) is 0 Å². The third-order valence-electron chi connectivity index (χ3n) is 5.02. The van der Waals surface area contributed by atoms with E-state index in [-0.39, 0.29) is 24.1 Å². The molecule has 0 spiro atoms. The Labute approximate surface area is 192 Å². The fourth-order valence-electron chi connectivity index (χ4n) is 3.46. The summed E-state index contributed by atoms with van der Waals surface area (Å²) in [5.74, 6) is -0.387. The van der Waals surface area contributed by atoms with Crippen molar-refractivity contribution < 1.29 is 18.5 Å². The minimum atomic E-state index is -0.343. The number of nitrogens with zero attached hydrogens (tertiary/aromatic N) is 2. The SMILES string of the molecule is Cc1noc2nc(-c3cccs3)cc(C(=O)NCc3cccc(NC(=O)c4ccco4)c3)c12. The van der Waals surface area contributed by atoms with Crippen LogP contribution in [0.3, 0.4) is 0 Å². The van der Waals surface area contributed by atoms with Crippen molar-refractivity contribution in [1.29, 1.82) is 0 Å². The minimum Gasteiger partial charge on any atom is -0.459 e. The first-order chi connectivity index (χ1) is 16.1. The lowest BCUT2D eigenvalue weighted by atomic mass is 10.1. The third-order valence-corrected chi connectivity index (χ3v) is 5.91. The molecule has 0 aliphatic carbocycles. The topological polar surface area (TPSA) is 110 Å². The summed E-state index contributed by atoms with van der Waals surface area (Å²) in [6, 6.07) is 16.1. The molecule has 5 rings (SSSR count). The number of fused-ring (bicyclic) bond motifs is 1. The van der Waals surface area contributed by atoms with Gasteiger partial charge in [-0.15, -0.1) is 11.3 Å². The Morgan fingerprint density at radius 2 is 1.97 bits per heavy atom. The molecule has 164 valence electrons. The minimum absolute atomic E-state index is 0.223. The molecule has 5 aromatic rings. The Morgan fingerprint density at radius 1 is 1.06 bits per heavy atom. The predicted octanol–water partition coefficient (Wildman–Crippen LogP) is 5.04. The number of aryl methyl sites for hydroxylation is 1. The largest absolute Gasteiger partial charge is 0.459 e. The molecule has 0 saturated carbocycles. The number of carbonyl (C=O) groups excluding carboxylic acids is 2. The summed E-state index contributed by atoms with van der Waals surface area (Å²) in [6.45, 7) is 2.05. The number of furan rings is 1. The monoisotopic (exact) mass is 458 g/mol. The van der Waals surface area contributed by atoms with E-state index in [0.717, 1.165) is 10.4 Å². The van der Waals surface area contributed by atoms with Gasteiger partial charge in [0, 0.05) is 12.2 Å². The average Bonchev–Trinajstić information content (AvgIpc) is 3.59. The Morgan fingerprint density at radius 3 is 2.76 bits per heavy atom. The summed E-state index contributed by atoms with van der Waals surface area (Å²) in [5.41, 5.74) is 3.45. The van der Waals surface area contributed by atoms with Gasteiger partial charge >= 0.3 is 0 Å². The van der Waals surface area contributed by atoms with Crippen molar-refractivity contribution in [2.45, 2.75) is 13.5 Å².